The molecule has 0 saturated carbocycles. The predicted molar refractivity (Wildman–Crippen MR) is 101 cm³/mol. The summed E-state index contributed by atoms with van der Waals surface area (Å²) in [5.41, 5.74) is 0.842. The van der Waals surface area contributed by atoms with E-state index >= 15 is 0 Å². The van der Waals surface area contributed by atoms with Gasteiger partial charge in [0, 0.05) is 41.0 Å². The van der Waals surface area contributed by atoms with Crippen LogP contribution in [-0.4, -0.2) is 34.1 Å². The van der Waals surface area contributed by atoms with Gasteiger partial charge in [-0.1, -0.05) is 29.3 Å². The fourth-order valence-corrected chi connectivity index (χ4v) is 3.24. The van der Waals surface area contributed by atoms with Gasteiger partial charge in [-0.25, -0.2) is 0 Å². The average molecular weight is 385 g/mol. The largest absolute Gasteiger partial charge is 0.376 e. The lowest BCUT2D eigenvalue weighted by atomic mass is 10.2. The SMILES string of the molecule is S=C(NCC1CCCO1)Nc1ccn(Cc2c(Cl)cccc2Cl)n1. The molecule has 0 amide bonds. The zero-order valence-corrected chi connectivity index (χ0v) is 15.3. The standard InChI is InChI=1S/C16H18Cl2N4OS/c17-13-4-1-5-14(18)12(13)10-22-7-6-15(21-22)20-16(24)19-9-11-3-2-8-23-11/h1,4-7,11H,2-3,8-10H2,(H2,19,20,21,24). The Balaban J connectivity index is 1.54. The van der Waals surface area contributed by atoms with Crippen molar-refractivity contribution in [3.8, 4) is 0 Å². The van der Waals surface area contributed by atoms with Crippen LogP contribution >= 0.6 is 35.4 Å². The highest BCUT2D eigenvalue weighted by Gasteiger charge is 2.15. The minimum Gasteiger partial charge on any atom is -0.376 e. The molecule has 0 aliphatic carbocycles. The molecule has 2 N–H and O–H groups in total. The van der Waals surface area contributed by atoms with E-state index in [1.54, 1.807) is 4.68 Å². The molecule has 1 saturated heterocycles. The number of hydrogen-bond donors (Lipinski definition) is 2. The zero-order chi connectivity index (χ0) is 16.9. The second-order valence-electron chi connectivity index (χ2n) is 5.57. The number of anilines is 1. The molecule has 24 heavy (non-hydrogen) atoms. The predicted octanol–water partition coefficient (Wildman–Crippen LogP) is 3.70. The number of halogens is 2. The van der Waals surface area contributed by atoms with E-state index in [4.69, 9.17) is 40.2 Å². The van der Waals surface area contributed by atoms with Crippen LogP contribution < -0.4 is 10.6 Å². The summed E-state index contributed by atoms with van der Waals surface area (Å²) in [4.78, 5) is 0. The molecule has 5 nitrogen and oxygen atoms in total. The summed E-state index contributed by atoms with van der Waals surface area (Å²) in [5.74, 6) is 0.669. The zero-order valence-electron chi connectivity index (χ0n) is 13.0. The number of hydrogen-bond acceptors (Lipinski definition) is 3. The maximum atomic E-state index is 6.19. The van der Waals surface area contributed by atoms with Gasteiger partial charge in [-0.05, 0) is 37.2 Å². The number of nitrogens with one attached hydrogen (secondary N) is 2. The lowest BCUT2D eigenvalue weighted by molar-refractivity contribution is 0.114. The van der Waals surface area contributed by atoms with Gasteiger partial charge in [-0.3, -0.25) is 4.68 Å². The van der Waals surface area contributed by atoms with E-state index in [0.717, 1.165) is 25.0 Å². The van der Waals surface area contributed by atoms with E-state index in [1.165, 1.54) is 0 Å². The van der Waals surface area contributed by atoms with E-state index in [0.29, 0.717) is 34.1 Å². The average Bonchev–Trinajstić information content (AvgIpc) is 3.21. The molecule has 2 heterocycles. The highest BCUT2D eigenvalue weighted by atomic mass is 35.5. The Morgan fingerprint density at radius 2 is 2.12 bits per heavy atom. The van der Waals surface area contributed by atoms with Crippen LogP contribution in [0.15, 0.2) is 30.5 Å². The molecule has 3 rings (SSSR count). The first-order valence-electron chi connectivity index (χ1n) is 7.74. The summed E-state index contributed by atoms with van der Waals surface area (Å²) >= 11 is 17.7. The van der Waals surface area contributed by atoms with E-state index in [2.05, 4.69) is 15.7 Å². The quantitative estimate of drug-likeness (QED) is 0.769. The highest BCUT2D eigenvalue weighted by Crippen LogP contribution is 2.25. The van der Waals surface area contributed by atoms with Crippen molar-refractivity contribution < 1.29 is 4.74 Å². The molecule has 1 aromatic carbocycles. The number of benzene rings is 1. The lowest BCUT2D eigenvalue weighted by Gasteiger charge is -2.12. The van der Waals surface area contributed by atoms with Gasteiger partial charge in [0.1, 0.15) is 0 Å². The van der Waals surface area contributed by atoms with Gasteiger partial charge < -0.3 is 15.4 Å². The Kier molecular flexibility index (Phi) is 5.94. The van der Waals surface area contributed by atoms with Crippen molar-refractivity contribution in [3.63, 3.8) is 0 Å². The third-order valence-corrected chi connectivity index (χ3v) is 4.73. The van der Waals surface area contributed by atoms with Crippen molar-refractivity contribution in [2.24, 2.45) is 0 Å². The van der Waals surface area contributed by atoms with Crippen molar-refractivity contribution in [2.75, 3.05) is 18.5 Å². The number of thiocarbonyl (C=S) groups is 1. The van der Waals surface area contributed by atoms with Crippen LogP contribution in [0.4, 0.5) is 5.82 Å². The smallest absolute Gasteiger partial charge is 0.172 e. The van der Waals surface area contributed by atoms with Gasteiger partial charge in [-0.15, -0.1) is 0 Å². The first-order chi connectivity index (χ1) is 11.6. The molecule has 8 heteroatoms. The Hall–Kier alpha value is -1.34. The fraction of sp³-hybridized carbons (Fsp3) is 0.375. The van der Waals surface area contributed by atoms with Crippen molar-refractivity contribution >= 4 is 46.4 Å². The molecule has 1 aliphatic heterocycles. The summed E-state index contributed by atoms with van der Waals surface area (Å²) in [6.07, 6.45) is 4.28. The Bertz CT molecular complexity index is 696. The number of ether oxygens (including phenoxy) is 1. The number of nitrogens with zero attached hydrogens (tertiary/aromatic N) is 2. The third-order valence-electron chi connectivity index (χ3n) is 3.78. The summed E-state index contributed by atoms with van der Waals surface area (Å²) in [7, 11) is 0. The second kappa shape index (κ2) is 8.16. The minimum atomic E-state index is 0.240. The number of rotatable bonds is 5. The van der Waals surface area contributed by atoms with Gasteiger partial charge in [0.15, 0.2) is 10.9 Å². The molecular weight excluding hydrogens is 367 g/mol. The maximum absolute atomic E-state index is 6.19. The molecule has 0 spiro atoms. The summed E-state index contributed by atoms with van der Waals surface area (Å²) < 4.78 is 7.31. The molecule has 2 aromatic rings. The van der Waals surface area contributed by atoms with Crippen LogP contribution in [0.2, 0.25) is 10.0 Å². The normalized spacial score (nSPS) is 17.0. The molecule has 0 radical (unpaired) electrons. The molecular formula is C16H18Cl2N4OS. The van der Waals surface area contributed by atoms with Gasteiger partial charge >= 0.3 is 0 Å². The van der Waals surface area contributed by atoms with E-state index in [9.17, 15) is 0 Å². The topological polar surface area (TPSA) is 51.1 Å². The molecule has 1 aliphatic rings. The lowest BCUT2D eigenvalue weighted by Crippen LogP contribution is -2.34. The molecule has 1 aromatic heterocycles. The van der Waals surface area contributed by atoms with Crippen LogP contribution in [-0.2, 0) is 11.3 Å². The Morgan fingerprint density at radius 1 is 1.33 bits per heavy atom. The fourth-order valence-electron chi connectivity index (χ4n) is 2.53. The van der Waals surface area contributed by atoms with Gasteiger partial charge in [0.2, 0.25) is 0 Å². The first-order valence-corrected chi connectivity index (χ1v) is 8.91. The van der Waals surface area contributed by atoms with Crippen molar-refractivity contribution in [1.82, 2.24) is 15.1 Å². The van der Waals surface area contributed by atoms with Gasteiger partial charge in [-0.2, -0.15) is 5.10 Å². The summed E-state index contributed by atoms with van der Waals surface area (Å²) in [6, 6.07) is 7.30. The van der Waals surface area contributed by atoms with Crippen LogP contribution in [0.1, 0.15) is 18.4 Å². The molecule has 128 valence electrons. The van der Waals surface area contributed by atoms with Crippen molar-refractivity contribution in [1.29, 1.82) is 0 Å². The maximum Gasteiger partial charge on any atom is 0.172 e. The van der Waals surface area contributed by atoms with Crippen molar-refractivity contribution in [3.05, 3.63) is 46.1 Å². The Labute approximate surface area is 156 Å². The summed E-state index contributed by atoms with van der Waals surface area (Å²) in [6.45, 7) is 2.04. The van der Waals surface area contributed by atoms with Crippen molar-refractivity contribution in [2.45, 2.75) is 25.5 Å². The highest BCUT2D eigenvalue weighted by molar-refractivity contribution is 7.80. The van der Waals surface area contributed by atoms with E-state index in [-0.39, 0.29) is 6.10 Å². The van der Waals surface area contributed by atoms with Gasteiger partial charge in [0.05, 0.1) is 12.6 Å². The second-order valence-corrected chi connectivity index (χ2v) is 6.79. The molecule has 1 atom stereocenters. The van der Waals surface area contributed by atoms with Crippen LogP contribution in [0.25, 0.3) is 0 Å². The van der Waals surface area contributed by atoms with E-state index < -0.39 is 0 Å². The first kappa shape index (κ1) is 17.5. The Morgan fingerprint density at radius 3 is 2.83 bits per heavy atom. The minimum absolute atomic E-state index is 0.240. The molecule has 1 unspecified atom stereocenters. The molecule has 1 fully saturated rings. The van der Waals surface area contributed by atoms with Crippen LogP contribution in [0.3, 0.4) is 0 Å². The molecule has 0 bridgehead atoms. The monoisotopic (exact) mass is 384 g/mol. The van der Waals surface area contributed by atoms with E-state index in [1.807, 2.05) is 30.5 Å². The number of aromatic nitrogens is 2. The third kappa shape index (κ3) is 4.60. The van der Waals surface area contributed by atoms with Crippen LogP contribution in [0.5, 0.6) is 0 Å². The summed E-state index contributed by atoms with van der Waals surface area (Å²) in [5, 5.41) is 12.4. The van der Waals surface area contributed by atoms with Gasteiger partial charge in [0.25, 0.3) is 0 Å². The van der Waals surface area contributed by atoms with Crippen LogP contribution in [0, 0.1) is 0 Å².